The van der Waals surface area contributed by atoms with Gasteiger partial charge in [0.1, 0.15) is 0 Å². The topological polar surface area (TPSA) is 0 Å². The third kappa shape index (κ3) is 2.00. The van der Waals surface area contributed by atoms with Gasteiger partial charge in [-0.05, 0) is 75.7 Å². The molecule has 0 fully saturated rings. The second-order valence-electron chi connectivity index (χ2n) is 11.0. The summed E-state index contributed by atoms with van der Waals surface area (Å²) in [5.41, 5.74) is 17.0. The molecule has 5 rings (SSSR count). The highest BCUT2D eigenvalue weighted by atomic mass is 14.6. The van der Waals surface area contributed by atoms with E-state index in [1.807, 2.05) is 0 Å². The minimum absolute atomic E-state index is 0.163. The van der Waals surface area contributed by atoms with E-state index in [9.17, 15) is 0 Å². The van der Waals surface area contributed by atoms with Crippen LogP contribution < -0.4 is 0 Å². The first kappa shape index (κ1) is 17.5. The Morgan fingerprint density at radius 1 is 0.630 bits per heavy atom. The van der Waals surface area contributed by atoms with Gasteiger partial charge in [0, 0.05) is 10.8 Å². The molecule has 0 N–H and O–H groups in total. The van der Waals surface area contributed by atoms with E-state index in [1.165, 1.54) is 19.3 Å². The standard InChI is InChI=1S/C27H34/c1-14(2)16-9-17-11-20-21-12-18-13-22(15(3)4)26(5,6)23(18)25(21)27(7,8)24(20)19(17)10-16/h9,13-15H,10-12H2,1-8H3. The second-order valence-corrected chi connectivity index (χ2v) is 11.0. The van der Waals surface area contributed by atoms with E-state index in [1.54, 1.807) is 55.7 Å². The van der Waals surface area contributed by atoms with Gasteiger partial charge < -0.3 is 0 Å². The van der Waals surface area contributed by atoms with E-state index in [0.29, 0.717) is 11.8 Å². The lowest BCUT2D eigenvalue weighted by atomic mass is 9.67. The fourth-order valence-corrected chi connectivity index (χ4v) is 6.92. The summed E-state index contributed by atoms with van der Waals surface area (Å²) in [7, 11) is 0. The first-order chi connectivity index (χ1) is 12.5. The number of hydrogen-bond acceptors (Lipinski definition) is 0. The van der Waals surface area contributed by atoms with Crippen LogP contribution in [0.4, 0.5) is 0 Å². The fourth-order valence-electron chi connectivity index (χ4n) is 6.92. The van der Waals surface area contributed by atoms with Crippen LogP contribution in [0.5, 0.6) is 0 Å². The molecule has 5 aliphatic carbocycles. The van der Waals surface area contributed by atoms with Crippen LogP contribution in [0.3, 0.4) is 0 Å². The van der Waals surface area contributed by atoms with E-state index in [-0.39, 0.29) is 10.8 Å². The molecule has 142 valence electrons. The molecule has 0 radical (unpaired) electrons. The Balaban J connectivity index is 1.54. The van der Waals surface area contributed by atoms with Crippen molar-refractivity contribution in [1.82, 2.24) is 0 Å². The zero-order chi connectivity index (χ0) is 19.5. The average Bonchev–Trinajstić information content (AvgIpc) is 3.25. The number of hydrogen-bond donors (Lipinski definition) is 0. The van der Waals surface area contributed by atoms with Crippen LogP contribution in [0.1, 0.15) is 74.7 Å². The van der Waals surface area contributed by atoms with Crippen molar-refractivity contribution in [2.24, 2.45) is 22.7 Å². The molecule has 0 amide bonds. The van der Waals surface area contributed by atoms with Gasteiger partial charge >= 0.3 is 0 Å². The second kappa shape index (κ2) is 5.07. The van der Waals surface area contributed by atoms with Gasteiger partial charge in [-0.15, -0.1) is 0 Å². The molecule has 0 aromatic carbocycles. The van der Waals surface area contributed by atoms with Crippen LogP contribution in [-0.2, 0) is 0 Å². The summed E-state index contributed by atoms with van der Waals surface area (Å²) in [6, 6.07) is 0. The first-order valence-electron chi connectivity index (χ1n) is 10.9. The zero-order valence-corrected chi connectivity index (χ0v) is 18.4. The maximum Gasteiger partial charge on any atom is 0.0158 e. The van der Waals surface area contributed by atoms with Gasteiger partial charge in [-0.3, -0.25) is 0 Å². The van der Waals surface area contributed by atoms with E-state index in [4.69, 9.17) is 0 Å². The van der Waals surface area contributed by atoms with Crippen LogP contribution in [0.15, 0.2) is 67.9 Å². The van der Waals surface area contributed by atoms with E-state index < -0.39 is 0 Å². The summed E-state index contributed by atoms with van der Waals surface area (Å²) in [6.07, 6.45) is 8.65. The molecule has 0 aromatic heterocycles. The molecule has 27 heavy (non-hydrogen) atoms. The molecule has 0 nitrogen and oxygen atoms in total. The van der Waals surface area contributed by atoms with Crippen molar-refractivity contribution in [3.05, 3.63) is 67.9 Å². The highest BCUT2D eigenvalue weighted by Crippen LogP contribution is 2.67. The Morgan fingerprint density at radius 2 is 1.26 bits per heavy atom. The molecule has 0 bridgehead atoms. The Kier molecular flexibility index (Phi) is 3.30. The number of allylic oxidation sites excluding steroid dienone is 12. The molecule has 0 aromatic rings. The smallest absolute Gasteiger partial charge is 0.0158 e. The third-order valence-corrected chi connectivity index (χ3v) is 7.99. The number of fused-ring (bicyclic) bond motifs is 3. The van der Waals surface area contributed by atoms with E-state index in [2.05, 4.69) is 67.5 Å². The van der Waals surface area contributed by atoms with E-state index >= 15 is 0 Å². The van der Waals surface area contributed by atoms with Crippen LogP contribution in [-0.4, -0.2) is 0 Å². The lowest BCUT2D eigenvalue weighted by Gasteiger charge is -2.36. The highest BCUT2D eigenvalue weighted by Gasteiger charge is 2.53. The normalized spacial score (nSPS) is 27.2. The van der Waals surface area contributed by atoms with Crippen LogP contribution in [0.25, 0.3) is 0 Å². The lowest BCUT2D eigenvalue weighted by Crippen LogP contribution is -2.25. The van der Waals surface area contributed by atoms with Gasteiger partial charge in [-0.25, -0.2) is 0 Å². The average molecular weight is 359 g/mol. The summed E-state index contributed by atoms with van der Waals surface area (Å²) in [5, 5.41) is 0. The van der Waals surface area contributed by atoms with E-state index in [0.717, 1.165) is 0 Å². The SMILES string of the molecule is CC(C)C1=CC2=C(C1)C1=C(C2)C2=C(C3=C(C=C(C(C)C)C3(C)C)C2)C1(C)C. The van der Waals surface area contributed by atoms with Crippen molar-refractivity contribution < 1.29 is 0 Å². The Morgan fingerprint density at radius 3 is 1.89 bits per heavy atom. The number of rotatable bonds is 2. The van der Waals surface area contributed by atoms with Crippen molar-refractivity contribution >= 4 is 0 Å². The van der Waals surface area contributed by atoms with Crippen molar-refractivity contribution in [2.75, 3.05) is 0 Å². The molecule has 0 atom stereocenters. The summed E-state index contributed by atoms with van der Waals surface area (Å²) in [6.45, 7) is 19.4. The molecule has 5 aliphatic rings. The predicted octanol–water partition coefficient (Wildman–Crippen LogP) is 7.63. The molecular formula is C27H34. The summed E-state index contributed by atoms with van der Waals surface area (Å²) in [4.78, 5) is 0. The summed E-state index contributed by atoms with van der Waals surface area (Å²) >= 11 is 0. The van der Waals surface area contributed by atoms with Crippen molar-refractivity contribution in [1.29, 1.82) is 0 Å². The third-order valence-electron chi connectivity index (χ3n) is 7.99. The van der Waals surface area contributed by atoms with Gasteiger partial charge in [0.15, 0.2) is 0 Å². The molecule has 0 aliphatic heterocycles. The largest absolute Gasteiger partial charge is 0.0630 e. The summed E-state index contributed by atoms with van der Waals surface area (Å²) < 4.78 is 0. The molecule has 0 unspecified atom stereocenters. The molecule has 0 saturated carbocycles. The monoisotopic (exact) mass is 358 g/mol. The first-order valence-corrected chi connectivity index (χ1v) is 10.9. The van der Waals surface area contributed by atoms with Crippen molar-refractivity contribution in [2.45, 2.75) is 74.7 Å². The van der Waals surface area contributed by atoms with Crippen LogP contribution in [0, 0.1) is 22.7 Å². The fraction of sp³-hybridized carbons (Fsp3) is 0.556. The van der Waals surface area contributed by atoms with Crippen molar-refractivity contribution in [3.63, 3.8) is 0 Å². The van der Waals surface area contributed by atoms with Gasteiger partial charge in [-0.1, -0.05) is 78.7 Å². The molecule has 0 spiro atoms. The maximum absolute atomic E-state index is 2.56. The van der Waals surface area contributed by atoms with Gasteiger partial charge in [-0.2, -0.15) is 0 Å². The van der Waals surface area contributed by atoms with Crippen LogP contribution >= 0.6 is 0 Å². The molecule has 0 heteroatoms. The highest BCUT2D eigenvalue weighted by molar-refractivity contribution is 5.78. The van der Waals surface area contributed by atoms with Gasteiger partial charge in [0.2, 0.25) is 0 Å². The predicted molar refractivity (Wildman–Crippen MR) is 115 cm³/mol. The Labute approximate surface area is 165 Å². The van der Waals surface area contributed by atoms with Gasteiger partial charge in [0.25, 0.3) is 0 Å². The minimum atomic E-state index is 0.163. The lowest BCUT2D eigenvalue weighted by molar-refractivity contribution is 0.462. The van der Waals surface area contributed by atoms with Crippen LogP contribution in [0.2, 0.25) is 0 Å². The Bertz CT molecular complexity index is 971. The van der Waals surface area contributed by atoms with Gasteiger partial charge in [0.05, 0.1) is 0 Å². The molecular weight excluding hydrogens is 324 g/mol. The summed E-state index contributed by atoms with van der Waals surface area (Å²) in [5.74, 6) is 1.30. The minimum Gasteiger partial charge on any atom is -0.0630 e. The zero-order valence-electron chi connectivity index (χ0n) is 18.4. The Hall–Kier alpha value is -1.56. The maximum atomic E-state index is 2.56. The molecule has 0 saturated heterocycles. The quantitative estimate of drug-likeness (QED) is 0.476. The molecule has 0 heterocycles. The van der Waals surface area contributed by atoms with Crippen molar-refractivity contribution in [3.8, 4) is 0 Å².